The third-order valence-corrected chi connectivity index (χ3v) is 5.92. The summed E-state index contributed by atoms with van der Waals surface area (Å²) in [6.07, 6.45) is 0. The lowest BCUT2D eigenvalue weighted by molar-refractivity contribution is 0.305. The number of nitrogens with zero attached hydrogens (tertiary/aromatic N) is 3. The number of hydrogen-bond donors (Lipinski definition) is 1. The minimum atomic E-state index is 0.440. The first-order valence-corrected chi connectivity index (χ1v) is 10.8. The van der Waals surface area contributed by atoms with Crippen molar-refractivity contribution in [1.82, 2.24) is 20.2 Å². The number of H-pyrrole nitrogens is 1. The van der Waals surface area contributed by atoms with Crippen molar-refractivity contribution in [2.75, 3.05) is 0 Å². The monoisotopic (exact) mass is 428 g/mol. The number of aromatic amines is 1. The lowest BCUT2D eigenvalue weighted by Crippen LogP contribution is -1.95. The third-order valence-electron chi connectivity index (χ3n) is 3.91. The first-order valence-electron chi connectivity index (χ1n) is 8.59. The largest absolute Gasteiger partial charge is 0.486 e. The van der Waals surface area contributed by atoms with Crippen molar-refractivity contribution in [1.29, 1.82) is 0 Å². The van der Waals surface area contributed by atoms with E-state index in [0.717, 1.165) is 27.8 Å². The van der Waals surface area contributed by atoms with Crippen LogP contribution in [0.5, 0.6) is 5.75 Å². The van der Waals surface area contributed by atoms with Crippen LogP contribution >= 0.6 is 34.7 Å². The molecule has 2 aromatic heterocycles. The zero-order valence-electron chi connectivity index (χ0n) is 15.1. The Hall–Kier alpha value is -2.35. The van der Waals surface area contributed by atoms with Crippen molar-refractivity contribution in [3.05, 3.63) is 75.2 Å². The molecule has 0 fully saturated rings. The summed E-state index contributed by atoms with van der Waals surface area (Å²) in [6, 6.07) is 15.5. The Morgan fingerprint density at radius 3 is 2.64 bits per heavy atom. The Balaban J connectivity index is 1.31. The Morgan fingerprint density at radius 2 is 1.86 bits per heavy atom. The van der Waals surface area contributed by atoms with Crippen molar-refractivity contribution < 1.29 is 4.74 Å². The first-order chi connectivity index (χ1) is 13.7. The van der Waals surface area contributed by atoms with Crippen LogP contribution in [0.1, 0.15) is 16.3 Å². The number of benzene rings is 2. The van der Waals surface area contributed by atoms with E-state index in [0.29, 0.717) is 22.5 Å². The molecule has 2 heterocycles. The summed E-state index contributed by atoms with van der Waals surface area (Å²) >= 11 is 9.02. The molecule has 0 aliphatic rings. The average Bonchev–Trinajstić information content (AvgIpc) is 3.36. The number of rotatable bonds is 7. The number of aryl methyl sites for hydroxylation is 1. The predicted octanol–water partition coefficient (Wildman–Crippen LogP) is 5.76. The summed E-state index contributed by atoms with van der Waals surface area (Å²) in [5, 5.41) is 11.7. The first kappa shape index (κ1) is 19.0. The Kier molecular flexibility index (Phi) is 5.95. The van der Waals surface area contributed by atoms with E-state index in [9.17, 15) is 0 Å². The summed E-state index contributed by atoms with van der Waals surface area (Å²) in [7, 11) is 0. The van der Waals surface area contributed by atoms with Gasteiger partial charge >= 0.3 is 0 Å². The molecule has 0 unspecified atom stereocenters. The fourth-order valence-electron chi connectivity index (χ4n) is 2.45. The van der Waals surface area contributed by atoms with E-state index in [-0.39, 0.29) is 0 Å². The van der Waals surface area contributed by atoms with Gasteiger partial charge in [-0.25, -0.2) is 9.97 Å². The number of nitrogens with one attached hydrogen (secondary N) is 1. The zero-order valence-corrected chi connectivity index (χ0v) is 17.4. The molecule has 0 saturated heterocycles. The van der Waals surface area contributed by atoms with E-state index in [2.05, 4.69) is 39.2 Å². The molecule has 0 amide bonds. The van der Waals surface area contributed by atoms with Gasteiger partial charge in [0.15, 0.2) is 5.82 Å². The number of halogens is 1. The second-order valence-corrected chi connectivity index (χ2v) is 8.42. The second kappa shape index (κ2) is 8.77. The van der Waals surface area contributed by atoms with Crippen LogP contribution < -0.4 is 4.74 Å². The molecule has 8 heteroatoms. The van der Waals surface area contributed by atoms with Crippen LogP contribution in [-0.4, -0.2) is 20.2 Å². The van der Waals surface area contributed by atoms with Gasteiger partial charge in [-0.05, 0) is 31.2 Å². The molecule has 0 bridgehead atoms. The quantitative estimate of drug-likeness (QED) is 0.379. The predicted molar refractivity (Wildman–Crippen MR) is 114 cm³/mol. The van der Waals surface area contributed by atoms with E-state index >= 15 is 0 Å². The Morgan fingerprint density at radius 1 is 1.07 bits per heavy atom. The maximum atomic E-state index is 5.88. The molecule has 1 N–H and O–H groups in total. The lowest BCUT2D eigenvalue weighted by Gasteiger charge is -2.03. The summed E-state index contributed by atoms with van der Waals surface area (Å²) in [4.78, 5) is 9.17. The van der Waals surface area contributed by atoms with Crippen molar-refractivity contribution in [3.8, 4) is 17.1 Å². The highest BCUT2D eigenvalue weighted by atomic mass is 35.5. The van der Waals surface area contributed by atoms with Crippen LogP contribution in [-0.2, 0) is 12.4 Å². The second-order valence-electron chi connectivity index (χ2n) is 6.10. The summed E-state index contributed by atoms with van der Waals surface area (Å²) < 4.78 is 5.74. The van der Waals surface area contributed by atoms with Crippen molar-refractivity contribution in [3.63, 3.8) is 0 Å². The highest BCUT2D eigenvalue weighted by Gasteiger charge is 2.09. The van der Waals surface area contributed by atoms with Gasteiger partial charge < -0.3 is 4.74 Å². The van der Waals surface area contributed by atoms with E-state index < -0.39 is 0 Å². The van der Waals surface area contributed by atoms with Crippen LogP contribution in [0.4, 0.5) is 0 Å². The molecule has 142 valence electrons. The average molecular weight is 429 g/mol. The fourth-order valence-corrected chi connectivity index (χ4v) is 4.07. The van der Waals surface area contributed by atoms with Crippen molar-refractivity contribution in [2.45, 2.75) is 24.4 Å². The summed E-state index contributed by atoms with van der Waals surface area (Å²) in [6.45, 7) is 2.50. The normalized spacial score (nSPS) is 10.9. The van der Waals surface area contributed by atoms with Crippen LogP contribution in [0.25, 0.3) is 11.4 Å². The minimum absolute atomic E-state index is 0.440. The van der Waals surface area contributed by atoms with Gasteiger partial charge in [0.1, 0.15) is 17.4 Å². The van der Waals surface area contributed by atoms with Crippen LogP contribution in [0, 0.1) is 6.92 Å². The Bertz CT molecular complexity index is 1040. The SMILES string of the molecule is Cc1ccc(-c2nc(SCc3csc(COc4ccc(Cl)cc4)n3)n[nH]2)cc1. The van der Waals surface area contributed by atoms with E-state index in [1.165, 1.54) is 5.56 Å². The van der Waals surface area contributed by atoms with E-state index in [4.69, 9.17) is 16.3 Å². The van der Waals surface area contributed by atoms with Gasteiger partial charge in [-0.15, -0.1) is 16.4 Å². The molecular formula is C20H17ClN4OS2. The molecule has 4 aromatic rings. The van der Waals surface area contributed by atoms with E-state index in [1.54, 1.807) is 23.1 Å². The molecule has 4 rings (SSSR count). The third kappa shape index (κ3) is 4.92. The molecule has 0 aliphatic carbocycles. The molecule has 28 heavy (non-hydrogen) atoms. The smallest absolute Gasteiger partial charge is 0.209 e. The molecular weight excluding hydrogens is 412 g/mol. The van der Waals surface area contributed by atoms with Gasteiger partial charge in [0, 0.05) is 21.7 Å². The number of hydrogen-bond acceptors (Lipinski definition) is 6. The maximum Gasteiger partial charge on any atom is 0.209 e. The van der Waals surface area contributed by atoms with Crippen molar-refractivity contribution in [2.24, 2.45) is 0 Å². The number of aromatic nitrogens is 4. The van der Waals surface area contributed by atoms with Crippen LogP contribution in [0.3, 0.4) is 0 Å². The summed E-state index contributed by atoms with van der Waals surface area (Å²) in [5.41, 5.74) is 3.24. The maximum absolute atomic E-state index is 5.88. The van der Waals surface area contributed by atoms with Crippen molar-refractivity contribution >= 4 is 34.7 Å². The van der Waals surface area contributed by atoms with Gasteiger partial charge in [0.2, 0.25) is 5.16 Å². The van der Waals surface area contributed by atoms with Gasteiger partial charge in [0.05, 0.1) is 5.69 Å². The number of thioether (sulfide) groups is 1. The molecule has 0 aliphatic heterocycles. The molecule has 2 aromatic carbocycles. The molecule has 0 saturated carbocycles. The minimum Gasteiger partial charge on any atom is -0.486 e. The standard InChI is InChI=1S/C20H17ClN4OS2/c1-13-2-4-14(5-3-13)19-23-20(25-24-19)28-12-16-11-27-18(22-16)10-26-17-8-6-15(21)7-9-17/h2-9,11H,10,12H2,1H3,(H,23,24,25). The Labute approximate surface area is 176 Å². The summed E-state index contributed by atoms with van der Waals surface area (Å²) in [5.74, 6) is 2.26. The highest BCUT2D eigenvalue weighted by molar-refractivity contribution is 7.98. The molecule has 0 atom stereocenters. The van der Waals surface area contributed by atoms with Gasteiger partial charge in [-0.2, -0.15) is 0 Å². The van der Waals surface area contributed by atoms with Gasteiger partial charge in [0.25, 0.3) is 0 Å². The van der Waals surface area contributed by atoms with E-state index in [1.807, 2.05) is 41.8 Å². The molecule has 5 nitrogen and oxygen atoms in total. The van der Waals surface area contributed by atoms with Gasteiger partial charge in [-0.3, -0.25) is 5.10 Å². The fraction of sp³-hybridized carbons (Fsp3) is 0.150. The zero-order chi connectivity index (χ0) is 19.3. The van der Waals surface area contributed by atoms with Gasteiger partial charge in [-0.1, -0.05) is 53.2 Å². The number of ether oxygens (including phenoxy) is 1. The lowest BCUT2D eigenvalue weighted by atomic mass is 10.1. The highest BCUT2D eigenvalue weighted by Crippen LogP contribution is 2.24. The molecule has 0 spiro atoms. The topological polar surface area (TPSA) is 63.7 Å². The number of thiazole rings is 1. The molecule has 0 radical (unpaired) electrons. The van der Waals surface area contributed by atoms with Crippen LogP contribution in [0.15, 0.2) is 59.1 Å². The van der Waals surface area contributed by atoms with Crippen LogP contribution in [0.2, 0.25) is 5.02 Å².